The van der Waals surface area contributed by atoms with Gasteiger partial charge in [0.1, 0.15) is 22.6 Å². The third-order valence-corrected chi connectivity index (χ3v) is 12.1. The van der Waals surface area contributed by atoms with Gasteiger partial charge >= 0.3 is 12.2 Å². The first-order valence-corrected chi connectivity index (χ1v) is 20.1. The molecule has 2 aromatic rings. The van der Waals surface area contributed by atoms with Crippen LogP contribution in [0.1, 0.15) is 83.3 Å². The van der Waals surface area contributed by atoms with E-state index < -0.39 is 74.9 Å². The first-order chi connectivity index (χ1) is 25.6. The Morgan fingerprint density at radius 1 is 1.04 bits per heavy atom. The Kier molecular flexibility index (Phi) is 11.4. The highest BCUT2D eigenvalue weighted by Gasteiger charge is 2.61. The van der Waals surface area contributed by atoms with Crippen molar-refractivity contribution in [3.05, 3.63) is 71.0 Å². The van der Waals surface area contributed by atoms with Crippen LogP contribution in [0.5, 0.6) is 0 Å². The second kappa shape index (κ2) is 15.7. The molecule has 16 heteroatoms. The molecule has 4 aliphatic rings. The van der Waals surface area contributed by atoms with Crippen LogP contribution in [0.3, 0.4) is 0 Å². The summed E-state index contributed by atoms with van der Waals surface area (Å²) in [6, 6.07) is 6.78. The monoisotopic (exact) mass is 783 g/mol. The highest BCUT2D eigenvalue weighted by molar-refractivity contribution is 7.90. The standard InChI is InChI=1S/C38H46ClN5O9S/c1-37(2,3)53-35(48)41-29-14-8-6-4-5-7-13-26-18-38(26,34(47)42-54(50,51)32-20-40-16-15-28(32)39)19-31(45)30-17-27(23-44(30)33(29)46)52-36(49)43-21-24-11-9-10-12-25(24)22-43/h7,9-13,15-16,20,26-27,29-30H,4-6,8,14,17-19,21-23H2,1-3H3,(H,41,48)(H,42,47)/b13-7-/t26-,27-,29+,30+,38-/m1/s1. The van der Waals surface area contributed by atoms with Gasteiger partial charge in [-0.1, -0.05) is 60.9 Å². The summed E-state index contributed by atoms with van der Waals surface area (Å²) in [5.41, 5.74) is -0.251. The van der Waals surface area contributed by atoms with Crippen LogP contribution in [0, 0.1) is 11.3 Å². The van der Waals surface area contributed by atoms with Crippen molar-refractivity contribution in [3.8, 4) is 0 Å². The number of Topliss-reactive ketones (excluding diaryl/α,β-unsaturated/α-hetero) is 1. The van der Waals surface area contributed by atoms with Gasteiger partial charge in [0.05, 0.1) is 23.0 Å². The van der Waals surface area contributed by atoms with Crippen molar-refractivity contribution < 1.29 is 41.9 Å². The van der Waals surface area contributed by atoms with Crippen LogP contribution in [0.25, 0.3) is 0 Å². The van der Waals surface area contributed by atoms with Crippen molar-refractivity contribution in [2.75, 3.05) is 6.54 Å². The summed E-state index contributed by atoms with van der Waals surface area (Å²) in [5, 5.41) is 2.58. The Hall–Kier alpha value is -4.50. The van der Waals surface area contributed by atoms with E-state index in [9.17, 15) is 32.4 Å². The predicted octanol–water partition coefficient (Wildman–Crippen LogP) is 5.04. The minimum atomic E-state index is -4.45. The van der Waals surface area contributed by atoms with Crippen LogP contribution in [-0.4, -0.2) is 83.3 Å². The maximum absolute atomic E-state index is 14.4. The van der Waals surface area contributed by atoms with E-state index in [1.54, 1.807) is 25.7 Å². The largest absolute Gasteiger partial charge is 0.444 e. The molecule has 14 nitrogen and oxygen atoms in total. The van der Waals surface area contributed by atoms with Crippen molar-refractivity contribution in [3.63, 3.8) is 0 Å². The maximum Gasteiger partial charge on any atom is 0.410 e. The van der Waals surface area contributed by atoms with Crippen LogP contribution < -0.4 is 10.0 Å². The number of aromatic nitrogens is 1. The molecule has 0 bridgehead atoms. The number of sulfonamides is 1. The molecule has 1 saturated heterocycles. The minimum Gasteiger partial charge on any atom is -0.444 e. The Bertz CT molecular complexity index is 1920. The average Bonchev–Trinajstić information content (AvgIpc) is 3.40. The molecule has 290 valence electrons. The Labute approximate surface area is 320 Å². The topological polar surface area (TPSA) is 181 Å². The van der Waals surface area contributed by atoms with Crippen LogP contribution in [0.4, 0.5) is 9.59 Å². The number of nitrogens with one attached hydrogen (secondary N) is 2. The summed E-state index contributed by atoms with van der Waals surface area (Å²) in [6.45, 7) is 5.71. The summed E-state index contributed by atoms with van der Waals surface area (Å²) in [4.78, 5) is 75.4. The zero-order valence-corrected chi connectivity index (χ0v) is 32.2. The molecule has 1 saturated carbocycles. The quantitative estimate of drug-likeness (QED) is 0.390. The number of rotatable bonds is 5. The van der Waals surface area contributed by atoms with Crippen molar-refractivity contribution in [2.45, 2.75) is 114 Å². The van der Waals surface area contributed by atoms with E-state index in [0.717, 1.165) is 30.2 Å². The van der Waals surface area contributed by atoms with Crippen LogP contribution in [0.2, 0.25) is 5.02 Å². The fourth-order valence-corrected chi connectivity index (χ4v) is 8.96. The molecule has 4 amide bonds. The summed E-state index contributed by atoms with van der Waals surface area (Å²) in [5.74, 6) is -2.35. The number of carbonyl (C=O) groups excluding carboxylic acids is 5. The highest BCUT2D eigenvalue weighted by Crippen LogP contribution is 2.57. The third-order valence-electron chi connectivity index (χ3n) is 10.3. The highest BCUT2D eigenvalue weighted by atomic mass is 35.5. The third kappa shape index (κ3) is 8.89. The van der Waals surface area contributed by atoms with E-state index >= 15 is 0 Å². The number of halogens is 1. The molecular weight excluding hydrogens is 738 g/mol. The predicted molar refractivity (Wildman–Crippen MR) is 196 cm³/mol. The van der Waals surface area contributed by atoms with Gasteiger partial charge in [-0.25, -0.2) is 22.7 Å². The fourth-order valence-electron chi connectivity index (χ4n) is 7.46. The van der Waals surface area contributed by atoms with E-state index in [4.69, 9.17) is 21.1 Å². The summed E-state index contributed by atoms with van der Waals surface area (Å²) >= 11 is 6.13. The first kappa shape index (κ1) is 39.2. The molecule has 4 heterocycles. The number of amides is 4. The normalized spacial score (nSPS) is 26.7. The van der Waals surface area contributed by atoms with Gasteiger partial charge < -0.3 is 19.7 Å². The summed E-state index contributed by atoms with van der Waals surface area (Å²) in [6.07, 6.45) is 6.66. The number of hydrogen-bond donors (Lipinski definition) is 2. The van der Waals surface area contributed by atoms with Gasteiger partial charge in [-0.3, -0.25) is 24.3 Å². The molecule has 2 N–H and O–H groups in total. The van der Waals surface area contributed by atoms with Crippen molar-refractivity contribution in [2.24, 2.45) is 11.3 Å². The molecular formula is C38H46ClN5O9S. The van der Waals surface area contributed by atoms with Gasteiger partial charge in [0.2, 0.25) is 11.8 Å². The van der Waals surface area contributed by atoms with Crippen molar-refractivity contribution in [1.29, 1.82) is 0 Å². The smallest absolute Gasteiger partial charge is 0.410 e. The van der Waals surface area contributed by atoms with Gasteiger partial charge in [-0.05, 0) is 69.6 Å². The molecule has 1 aromatic carbocycles. The van der Waals surface area contributed by atoms with Crippen LogP contribution in [-0.2, 0) is 47.0 Å². The maximum atomic E-state index is 14.4. The molecule has 0 unspecified atom stereocenters. The average molecular weight is 784 g/mol. The van der Waals surface area contributed by atoms with E-state index in [1.165, 1.54) is 17.2 Å². The number of carbonyl (C=O) groups is 5. The van der Waals surface area contributed by atoms with Gasteiger partial charge in [0.25, 0.3) is 10.0 Å². The lowest BCUT2D eigenvalue weighted by Crippen LogP contribution is -2.53. The number of ketones is 1. The van der Waals surface area contributed by atoms with Crippen molar-refractivity contribution >= 4 is 51.4 Å². The Morgan fingerprint density at radius 2 is 1.76 bits per heavy atom. The summed E-state index contributed by atoms with van der Waals surface area (Å²) < 4.78 is 40.1. The van der Waals surface area contributed by atoms with Gasteiger partial charge in [-0.2, -0.15) is 0 Å². The second-order valence-electron chi connectivity index (χ2n) is 15.5. The molecule has 1 aliphatic carbocycles. The lowest BCUT2D eigenvalue weighted by Gasteiger charge is -2.30. The Morgan fingerprint density at radius 3 is 2.44 bits per heavy atom. The number of ether oxygens (including phenoxy) is 2. The number of pyridine rings is 1. The number of alkyl carbamates (subject to hydrolysis) is 1. The molecule has 2 fully saturated rings. The number of benzene rings is 1. The SMILES string of the molecule is CC(C)(C)OC(=O)N[C@H]1CCCCC/C=C\[C@@H]2C[C@@]2(C(=O)NS(=O)(=O)c2cnccc2Cl)CC(=O)[C@@H]2C[C@@H](OC(=O)N3Cc4ccccc4C3)CN2C1=O. The molecule has 54 heavy (non-hydrogen) atoms. The molecule has 5 atom stereocenters. The minimum absolute atomic E-state index is 0.0436. The number of nitrogens with zero attached hydrogens (tertiary/aromatic N) is 3. The zero-order valence-electron chi connectivity index (χ0n) is 30.6. The zero-order chi connectivity index (χ0) is 38.8. The van der Waals surface area contributed by atoms with E-state index in [0.29, 0.717) is 25.9 Å². The molecule has 6 rings (SSSR count). The molecule has 0 radical (unpaired) electrons. The number of hydrogen-bond acceptors (Lipinski definition) is 10. The lowest BCUT2D eigenvalue weighted by atomic mass is 9.91. The number of allylic oxidation sites excluding steroid dienone is 2. The van der Waals surface area contributed by atoms with Gasteiger partial charge in [-0.15, -0.1) is 0 Å². The van der Waals surface area contributed by atoms with Crippen LogP contribution >= 0.6 is 11.6 Å². The van der Waals surface area contributed by atoms with Crippen molar-refractivity contribution in [1.82, 2.24) is 24.8 Å². The van der Waals surface area contributed by atoms with E-state index in [-0.39, 0.29) is 42.1 Å². The van der Waals surface area contributed by atoms with Gasteiger partial charge in [0, 0.05) is 38.3 Å². The second-order valence-corrected chi connectivity index (χ2v) is 17.5. The lowest BCUT2D eigenvalue weighted by molar-refractivity contribution is -0.140. The molecule has 1 aromatic heterocycles. The Balaban J connectivity index is 1.27. The molecule has 0 spiro atoms. The van der Waals surface area contributed by atoms with E-state index in [1.807, 2.05) is 36.4 Å². The van der Waals surface area contributed by atoms with E-state index in [2.05, 4.69) is 15.0 Å². The molecule has 3 aliphatic heterocycles. The van der Waals surface area contributed by atoms with Gasteiger partial charge in [0.15, 0.2) is 5.78 Å². The first-order valence-electron chi connectivity index (χ1n) is 18.2. The summed E-state index contributed by atoms with van der Waals surface area (Å²) in [7, 11) is -4.45. The van der Waals surface area contributed by atoms with Crippen LogP contribution in [0.15, 0.2) is 59.8 Å². The number of fused-ring (bicyclic) bond motifs is 3. The fraction of sp³-hybridized carbons (Fsp3) is 0.526.